The second kappa shape index (κ2) is 4.18. The van der Waals surface area contributed by atoms with E-state index in [9.17, 15) is 5.11 Å². The molecule has 1 heterocycles. The van der Waals surface area contributed by atoms with E-state index in [0.29, 0.717) is 0 Å². The van der Waals surface area contributed by atoms with Gasteiger partial charge in [-0.2, -0.15) is 0 Å². The standard InChI is InChI=1S/C12H18O2/c1-2-12-10(7-8-14-12)11(13)6-5-9-3-4-9/h7-9,11,13H,2-6H2,1H3. The molecular formula is C12H18O2. The van der Waals surface area contributed by atoms with Crippen molar-refractivity contribution in [1.82, 2.24) is 0 Å². The number of aliphatic hydroxyl groups is 1. The number of rotatable bonds is 5. The molecule has 1 aromatic rings. The number of aliphatic hydroxyl groups excluding tert-OH is 1. The molecule has 1 N–H and O–H groups in total. The van der Waals surface area contributed by atoms with Gasteiger partial charge in [-0.15, -0.1) is 0 Å². The van der Waals surface area contributed by atoms with Crippen LogP contribution in [0.1, 0.15) is 50.0 Å². The molecule has 1 aliphatic rings. The van der Waals surface area contributed by atoms with Gasteiger partial charge in [0.15, 0.2) is 0 Å². The molecule has 0 aromatic carbocycles. The SMILES string of the molecule is CCc1occc1C(O)CCC1CC1. The van der Waals surface area contributed by atoms with Gasteiger partial charge in [-0.3, -0.25) is 0 Å². The van der Waals surface area contributed by atoms with Crippen molar-refractivity contribution in [2.75, 3.05) is 0 Å². The summed E-state index contributed by atoms with van der Waals surface area (Å²) in [6, 6.07) is 1.90. The van der Waals surface area contributed by atoms with E-state index in [-0.39, 0.29) is 6.10 Å². The van der Waals surface area contributed by atoms with Gasteiger partial charge in [0.2, 0.25) is 0 Å². The van der Waals surface area contributed by atoms with Gasteiger partial charge < -0.3 is 9.52 Å². The molecule has 1 unspecified atom stereocenters. The van der Waals surface area contributed by atoms with E-state index >= 15 is 0 Å². The molecule has 1 aromatic heterocycles. The lowest BCUT2D eigenvalue weighted by molar-refractivity contribution is 0.160. The molecule has 0 amide bonds. The maximum absolute atomic E-state index is 9.94. The predicted molar refractivity (Wildman–Crippen MR) is 55.0 cm³/mol. The average Bonchev–Trinajstić information content (AvgIpc) is 2.90. The smallest absolute Gasteiger partial charge is 0.109 e. The second-order valence-electron chi connectivity index (χ2n) is 4.19. The summed E-state index contributed by atoms with van der Waals surface area (Å²) in [5, 5.41) is 9.94. The molecule has 2 nitrogen and oxygen atoms in total. The van der Waals surface area contributed by atoms with E-state index in [1.807, 2.05) is 6.07 Å². The summed E-state index contributed by atoms with van der Waals surface area (Å²) in [5.74, 6) is 1.83. The summed E-state index contributed by atoms with van der Waals surface area (Å²) in [5.41, 5.74) is 0.994. The Kier molecular flexibility index (Phi) is 2.92. The first-order valence-corrected chi connectivity index (χ1v) is 5.55. The lowest BCUT2D eigenvalue weighted by Gasteiger charge is -2.09. The average molecular weight is 194 g/mol. The first kappa shape index (κ1) is 9.78. The predicted octanol–water partition coefficient (Wildman–Crippen LogP) is 3.07. The Morgan fingerprint density at radius 3 is 3.00 bits per heavy atom. The number of hydrogen-bond acceptors (Lipinski definition) is 2. The highest BCUT2D eigenvalue weighted by Gasteiger charge is 2.23. The van der Waals surface area contributed by atoms with Crippen molar-refractivity contribution >= 4 is 0 Å². The van der Waals surface area contributed by atoms with Crippen molar-refractivity contribution in [1.29, 1.82) is 0 Å². The minimum absolute atomic E-state index is 0.315. The van der Waals surface area contributed by atoms with E-state index in [4.69, 9.17) is 4.42 Å². The highest BCUT2D eigenvalue weighted by atomic mass is 16.3. The zero-order valence-electron chi connectivity index (χ0n) is 8.70. The van der Waals surface area contributed by atoms with E-state index in [2.05, 4.69) is 6.92 Å². The molecule has 2 heteroatoms. The number of hydrogen-bond donors (Lipinski definition) is 1. The fourth-order valence-corrected chi connectivity index (χ4v) is 1.89. The van der Waals surface area contributed by atoms with Crippen molar-refractivity contribution in [3.63, 3.8) is 0 Å². The van der Waals surface area contributed by atoms with E-state index in [1.54, 1.807) is 6.26 Å². The van der Waals surface area contributed by atoms with Gasteiger partial charge in [-0.05, 0) is 24.8 Å². The van der Waals surface area contributed by atoms with Crippen LogP contribution in [0.3, 0.4) is 0 Å². The van der Waals surface area contributed by atoms with Crippen molar-refractivity contribution < 1.29 is 9.52 Å². The normalized spacial score (nSPS) is 18.4. The molecule has 1 atom stereocenters. The summed E-state index contributed by atoms with van der Waals surface area (Å²) in [7, 11) is 0. The largest absolute Gasteiger partial charge is 0.469 e. The fraction of sp³-hybridized carbons (Fsp3) is 0.667. The van der Waals surface area contributed by atoms with Gasteiger partial charge >= 0.3 is 0 Å². The van der Waals surface area contributed by atoms with Gasteiger partial charge in [-0.25, -0.2) is 0 Å². The lowest BCUT2D eigenvalue weighted by Crippen LogP contribution is -1.99. The lowest BCUT2D eigenvalue weighted by atomic mass is 10.0. The van der Waals surface area contributed by atoms with Crippen LogP contribution in [0.5, 0.6) is 0 Å². The first-order chi connectivity index (χ1) is 6.81. The molecule has 14 heavy (non-hydrogen) atoms. The van der Waals surface area contributed by atoms with Crippen LogP contribution in [-0.4, -0.2) is 5.11 Å². The monoisotopic (exact) mass is 194 g/mol. The third-order valence-corrected chi connectivity index (χ3v) is 3.01. The van der Waals surface area contributed by atoms with Crippen LogP contribution in [0.15, 0.2) is 16.7 Å². The number of aryl methyl sites for hydroxylation is 1. The second-order valence-corrected chi connectivity index (χ2v) is 4.19. The molecule has 2 rings (SSSR count). The van der Waals surface area contributed by atoms with Crippen molar-refractivity contribution in [2.24, 2.45) is 5.92 Å². The Morgan fingerprint density at radius 2 is 2.36 bits per heavy atom. The molecule has 0 bridgehead atoms. The molecule has 1 aliphatic carbocycles. The molecule has 0 aliphatic heterocycles. The van der Waals surface area contributed by atoms with Crippen molar-refractivity contribution in [3.8, 4) is 0 Å². The van der Waals surface area contributed by atoms with Gasteiger partial charge in [0.05, 0.1) is 12.4 Å². The minimum atomic E-state index is -0.315. The van der Waals surface area contributed by atoms with Crippen LogP contribution in [0.25, 0.3) is 0 Å². The topological polar surface area (TPSA) is 33.4 Å². The van der Waals surface area contributed by atoms with Gasteiger partial charge in [0.1, 0.15) is 5.76 Å². The van der Waals surface area contributed by atoms with Crippen LogP contribution in [0, 0.1) is 5.92 Å². The molecular weight excluding hydrogens is 176 g/mol. The molecule has 1 fully saturated rings. The van der Waals surface area contributed by atoms with Crippen LogP contribution in [0.2, 0.25) is 0 Å². The van der Waals surface area contributed by atoms with E-state index in [1.165, 1.54) is 12.8 Å². The van der Waals surface area contributed by atoms with Gasteiger partial charge in [0.25, 0.3) is 0 Å². The number of furan rings is 1. The molecule has 78 valence electrons. The Morgan fingerprint density at radius 1 is 1.57 bits per heavy atom. The summed E-state index contributed by atoms with van der Waals surface area (Å²) in [6.45, 7) is 2.05. The third-order valence-electron chi connectivity index (χ3n) is 3.01. The Labute approximate surface area is 84.9 Å². The Hall–Kier alpha value is -0.760. The highest BCUT2D eigenvalue weighted by Crippen LogP contribution is 2.36. The zero-order chi connectivity index (χ0) is 9.97. The maximum Gasteiger partial charge on any atom is 0.109 e. The molecule has 1 saturated carbocycles. The molecule has 0 spiro atoms. The van der Waals surface area contributed by atoms with Crippen LogP contribution >= 0.6 is 0 Å². The van der Waals surface area contributed by atoms with E-state index < -0.39 is 0 Å². The first-order valence-electron chi connectivity index (χ1n) is 5.55. The van der Waals surface area contributed by atoms with Gasteiger partial charge in [-0.1, -0.05) is 19.8 Å². The Balaban J connectivity index is 1.91. The summed E-state index contributed by atoms with van der Waals surface area (Å²) >= 11 is 0. The van der Waals surface area contributed by atoms with Gasteiger partial charge in [0, 0.05) is 12.0 Å². The maximum atomic E-state index is 9.94. The zero-order valence-corrected chi connectivity index (χ0v) is 8.70. The van der Waals surface area contributed by atoms with Crippen LogP contribution in [0.4, 0.5) is 0 Å². The molecule has 0 radical (unpaired) electrons. The summed E-state index contributed by atoms with van der Waals surface area (Å²) in [4.78, 5) is 0. The quantitative estimate of drug-likeness (QED) is 0.781. The third kappa shape index (κ3) is 2.18. The van der Waals surface area contributed by atoms with Crippen molar-refractivity contribution in [3.05, 3.63) is 23.7 Å². The van der Waals surface area contributed by atoms with Crippen LogP contribution in [-0.2, 0) is 6.42 Å². The fourth-order valence-electron chi connectivity index (χ4n) is 1.89. The summed E-state index contributed by atoms with van der Waals surface area (Å²) < 4.78 is 5.30. The summed E-state index contributed by atoms with van der Waals surface area (Å²) in [6.07, 6.45) is 6.99. The van der Waals surface area contributed by atoms with Crippen molar-refractivity contribution in [2.45, 2.75) is 45.1 Å². The van der Waals surface area contributed by atoms with E-state index in [0.717, 1.165) is 36.5 Å². The Bertz CT molecular complexity index is 286. The minimum Gasteiger partial charge on any atom is -0.469 e. The van der Waals surface area contributed by atoms with Crippen LogP contribution < -0.4 is 0 Å². The molecule has 0 saturated heterocycles. The highest BCUT2D eigenvalue weighted by molar-refractivity contribution is 5.19.